The van der Waals surface area contributed by atoms with Gasteiger partial charge < -0.3 is 16.4 Å². The number of amidine groups is 1. The standard InChI is InChI=1S/C37H32ClF6N7O2S/c1-16-27-29-33(35(41)42)49-51(34(29)37(43,44)30(16)27)15-26(52)47-25(12-17-10-19(39)14-20(40)11-17)31-22(13-18-6-4-5-7-24(18)48-31)21-8-9-23(38)28(32(21)46-2)36(45)50-54(3)53/h4-11,13-14,16,25,27,30,35,46H,12,15H2,1-3H3,(H2,45,50)(H,47,52)/t16-,25-,27?,30?,54?/m1/s1. The van der Waals surface area contributed by atoms with Gasteiger partial charge in [0.05, 0.1) is 33.5 Å². The van der Waals surface area contributed by atoms with E-state index in [0.717, 1.165) is 12.1 Å². The second-order valence-electron chi connectivity index (χ2n) is 13.4. The highest BCUT2D eigenvalue weighted by Gasteiger charge is 2.71. The van der Waals surface area contributed by atoms with Crippen LogP contribution < -0.4 is 16.4 Å². The van der Waals surface area contributed by atoms with Gasteiger partial charge in [0.2, 0.25) is 5.91 Å². The Morgan fingerprint density at radius 3 is 2.44 bits per heavy atom. The van der Waals surface area contributed by atoms with Crippen molar-refractivity contribution >= 4 is 50.9 Å². The zero-order valence-electron chi connectivity index (χ0n) is 28.8. The van der Waals surface area contributed by atoms with Crippen molar-refractivity contribution in [2.75, 3.05) is 18.6 Å². The average Bonchev–Trinajstić information content (AvgIpc) is 3.51. The third-order valence-electron chi connectivity index (χ3n) is 9.92. The van der Waals surface area contributed by atoms with Gasteiger partial charge in [0.25, 0.3) is 12.3 Å². The first kappa shape index (κ1) is 37.4. The molecule has 54 heavy (non-hydrogen) atoms. The van der Waals surface area contributed by atoms with Crippen molar-refractivity contribution < 1.29 is 35.3 Å². The highest BCUT2D eigenvalue weighted by atomic mass is 35.5. The largest absolute Gasteiger partial charge is 0.387 e. The molecule has 2 aromatic heterocycles. The van der Waals surface area contributed by atoms with E-state index < -0.39 is 82.6 Å². The van der Waals surface area contributed by atoms with Crippen molar-refractivity contribution in [2.24, 2.45) is 22.0 Å². The summed E-state index contributed by atoms with van der Waals surface area (Å²) in [5.74, 6) is -8.78. The van der Waals surface area contributed by atoms with Gasteiger partial charge in [-0.15, -0.1) is 0 Å². The van der Waals surface area contributed by atoms with Gasteiger partial charge in [0.1, 0.15) is 46.4 Å². The van der Waals surface area contributed by atoms with E-state index in [2.05, 4.69) is 20.1 Å². The van der Waals surface area contributed by atoms with E-state index >= 15 is 8.78 Å². The fourth-order valence-electron chi connectivity index (χ4n) is 7.73. The molecule has 9 nitrogen and oxygen atoms in total. The van der Waals surface area contributed by atoms with Gasteiger partial charge in [-0.2, -0.15) is 18.3 Å². The minimum atomic E-state index is -3.49. The lowest BCUT2D eigenvalue weighted by Gasteiger charge is -2.24. The zero-order chi connectivity index (χ0) is 38.8. The molecule has 2 aliphatic rings. The molecule has 3 aromatic carbocycles. The maximum atomic E-state index is 15.6. The number of nitrogens with zero attached hydrogens (tertiary/aromatic N) is 4. The van der Waals surface area contributed by atoms with Crippen LogP contribution in [0.4, 0.5) is 32.0 Å². The molecule has 17 heteroatoms. The SMILES string of the molecule is CNc1c(-c2cc3ccccc3nc2[C@@H](Cc2cc(F)cc(F)c2)NC(=O)Cn2nc(C(F)F)c3c2C(F)(F)C2C3[C@H]2C)ccc(Cl)c1/C(N)=N/S(C)=O. The molecule has 3 unspecified atom stereocenters. The van der Waals surface area contributed by atoms with E-state index in [9.17, 15) is 26.6 Å². The predicted molar refractivity (Wildman–Crippen MR) is 194 cm³/mol. The van der Waals surface area contributed by atoms with Gasteiger partial charge in [0, 0.05) is 53.3 Å². The molecule has 1 amide bonds. The summed E-state index contributed by atoms with van der Waals surface area (Å²) in [6.07, 6.45) is -2.06. The Hall–Kier alpha value is -4.96. The fraction of sp³-hybridized carbons (Fsp3) is 0.297. The second kappa shape index (κ2) is 14.0. The van der Waals surface area contributed by atoms with Crippen molar-refractivity contribution in [1.82, 2.24) is 20.1 Å². The molecular formula is C37H32ClF6N7O2S. The first-order valence-corrected chi connectivity index (χ1v) is 18.6. The number of amides is 1. The van der Waals surface area contributed by atoms with Gasteiger partial charge >= 0.3 is 0 Å². The van der Waals surface area contributed by atoms with Crippen LogP contribution in [0.2, 0.25) is 5.02 Å². The lowest BCUT2D eigenvalue weighted by atomic mass is 9.91. The molecule has 1 saturated carbocycles. The predicted octanol–water partition coefficient (Wildman–Crippen LogP) is 7.56. The van der Waals surface area contributed by atoms with Crippen LogP contribution in [0.3, 0.4) is 0 Å². The maximum absolute atomic E-state index is 15.6. The first-order chi connectivity index (χ1) is 25.6. The van der Waals surface area contributed by atoms with Crippen LogP contribution in [0.15, 0.2) is 65.1 Å². The molecule has 1 fully saturated rings. The highest BCUT2D eigenvalue weighted by Crippen LogP contribution is 2.71. The van der Waals surface area contributed by atoms with Gasteiger partial charge in [-0.1, -0.05) is 42.8 Å². The summed E-state index contributed by atoms with van der Waals surface area (Å²) in [7, 11) is -0.103. The number of carbonyl (C=O) groups excluding carboxylic acids is 1. The average molecular weight is 788 g/mol. The van der Waals surface area contributed by atoms with Crippen molar-refractivity contribution in [1.29, 1.82) is 0 Å². The highest BCUT2D eigenvalue weighted by molar-refractivity contribution is 7.83. The topological polar surface area (TPSA) is 127 Å². The van der Waals surface area contributed by atoms with E-state index in [1.54, 1.807) is 50.4 Å². The Morgan fingerprint density at radius 2 is 1.78 bits per heavy atom. The van der Waals surface area contributed by atoms with E-state index in [1.165, 1.54) is 12.3 Å². The number of hydrogen-bond donors (Lipinski definition) is 3. The molecule has 5 atom stereocenters. The Bertz CT molecular complexity index is 2370. The number of nitrogens with two attached hydrogens (primary N) is 1. The number of pyridine rings is 1. The molecule has 0 saturated heterocycles. The van der Waals surface area contributed by atoms with Gasteiger partial charge in [-0.3, -0.25) is 9.48 Å². The number of rotatable bonds is 11. The zero-order valence-corrected chi connectivity index (χ0v) is 30.4. The molecule has 2 heterocycles. The van der Waals surface area contributed by atoms with Crippen molar-refractivity contribution in [2.45, 2.75) is 44.2 Å². The summed E-state index contributed by atoms with van der Waals surface area (Å²) in [6, 6.07) is 13.6. The van der Waals surface area contributed by atoms with E-state index in [1.807, 2.05) is 0 Å². The van der Waals surface area contributed by atoms with Crippen LogP contribution in [-0.4, -0.2) is 44.0 Å². The Balaban J connectivity index is 1.37. The van der Waals surface area contributed by atoms with Gasteiger partial charge in [0.15, 0.2) is 0 Å². The lowest BCUT2D eigenvalue weighted by molar-refractivity contribution is -0.123. The fourth-order valence-corrected chi connectivity index (χ4v) is 8.36. The summed E-state index contributed by atoms with van der Waals surface area (Å²) < 4.78 is 105. The Kier molecular flexibility index (Phi) is 9.71. The Labute approximate surface area is 312 Å². The number of carbonyl (C=O) groups is 1. The smallest absolute Gasteiger partial charge is 0.293 e. The van der Waals surface area contributed by atoms with E-state index in [4.69, 9.17) is 22.3 Å². The number of halogens is 7. The minimum absolute atomic E-state index is 0.117. The number of alkyl halides is 4. The van der Waals surface area contributed by atoms with Crippen LogP contribution in [0.1, 0.15) is 59.1 Å². The third-order valence-corrected chi connectivity index (χ3v) is 10.7. The molecule has 0 bridgehead atoms. The van der Waals surface area contributed by atoms with Crippen LogP contribution in [0.5, 0.6) is 0 Å². The molecule has 0 spiro atoms. The second-order valence-corrected chi connectivity index (χ2v) is 14.8. The number of para-hydroxylation sites is 1. The molecule has 0 aliphatic heterocycles. The quantitative estimate of drug-likeness (QED) is 0.0721. The number of benzene rings is 3. The van der Waals surface area contributed by atoms with Gasteiger partial charge in [-0.05, 0) is 48.2 Å². The van der Waals surface area contributed by atoms with Crippen LogP contribution in [0, 0.1) is 23.5 Å². The summed E-state index contributed by atoms with van der Waals surface area (Å²) in [4.78, 5) is 18.8. The van der Waals surface area contributed by atoms with E-state index in [-0.39, 0.29) is 39.7 Å². The number of anilines is 1. The molecule has 7 rings (SSSR count). The Morgan fingerprint density at radius 1 is 1.07 bits per heavy atom. The summed E-state index contributed by atoms with van der Waals surface area (Å²) in [6.45, 7) is 0.706. The molecule has 0 radical (unpaired) electrons. The number of nitrogens with one attached hydrogen (secondary N) is 2. The van der Waals surface area contributed by atoms with Crippen molar-refractivity contribution in [3.63, 3.8) is 0 Å². The van der Waals surface area contributed by atoms with Crippen LogP contribution in [0.25, 0.3) is 22.0 Å². The number of fused-ring (bicyclic) bond motifs is 4. The van der Waals surface area contributed by atoms with E-state index in [0.29, 0.717) is 38.5 Å². The number of aromatic nitrogens is 3. The molecular weight excluding hydrogens is 756 g/mol. The first-order valence-electron chi connectivity index (χ1n) is 16.7. The van der Waals surface area contributed by atoms with Crippen LogP contribution >= 0.6 is 11.6 Å². The van der Waals surface area contributed by atoms with Crippen molar-refractivity contribution in [3.8, 4) is 11.1 Å². The maximum Gasteiger partial charge on any atom is 0.293 e. The lowest BCUT2D eigenvalue weighted by Crippen LogP contribution is -2.35. The summed E-state index contributed by atoms with van der Waals surface area (Å²) in [5, 5.41) is 10.5. The van der Waals surface area contributed by atoms with Gasteiger partial charge in [-0.25, -0.2) is 26.8 Å². The number of hydrogen-bond acceptors (Lipinski definition) is 5. The minimum Gasteiger partial charge on any atom is -0.387 e. The molecule has 2 aliphatic carbocycles. The molecule has 4 N–H and O–H groups in total. The summed E-state index contributed by atoms with van der Waals surface area (Å²) in [5.41, 5.74) is 6.70. The third kappa shape index (κ3) is 6.59. The van der Waals surface area contributed by atoms with Crippen LogP contribution in [-0.2, 0) is 34.7 Å². The molecule has 5 aromatic rings. The summed E-state index contributed by atoms with van der Waals surface area (Å²) >= 11 is 6.58. The monoisotopic (exact) mass is 787 g/mol. The molecule has 282 valence electrons. The van der Waals surface area contributed by atoms with Crippen molar-refractivity contribution in [3.05, 3.63) is 111 Å². The normalized spacial score (nSPS) is 19.8.